The fraction of sp³-hybridized carbons (Fsp3) is 0.600. The average molecular weight is 469 g/mol. The second-order valence-corrected chi connectivity index (χ2v) is 16.5. The lowest BCUT2D eigenvalue weighted by Crippen LogP contribution is -2.38. The molecule has 0 bridgehead atoms. The van der Waals surface area contributed by atoms with E-state index < -0.39 is 19.8 Å². The van der Waals surface area contributed by atoms with Gasteiger partial charge in [-0.05, 0) is 46.1 Å². The zero-order valence-corrected chi connectivity index (χ0v) is 21.7. The van der Waals surface area contributed by atoms with Crippen molar-refractivity contribution in [2.24, 2.45) is 0 Å². The first kappa shape index (κ1) is 24.8. The molecule has 0 fully saturated rings. The van der Waals surface area contributed by atoms with E-state index in [2.05, 4.69) is 34.6 Å². The number of hydrogen-bond acceptors (Lipinski definition) is 8. The van der Waals surface area contributed by atoms with Crippen molar-refractivity contribution >= 4 is 42.4 Å². The molecule has 0 saturated heterocycles. The molecule has 2 rings (SSSR count). The van der Waals surface area contributed by atoms with E-state index in [1.54, 1.807) is 6.20 Å². The summed E-state index contributed by atoms with van der Waals surface area (Å²) in [5.41, 5.74) is 1.07. The van der Waals surface area contributed by atoms with Crippen LogP contribution in [0, 0.1) is 6.92 Å². The number of carbonyl (C=O) groups excluding carboxylic acids is 1. The van der Waals surface area contributed by atoms with Crippen molar-refractivity contribution in [3.63, 3.8) is 0 Å². The topological polar surface area (TPSA) is 77.4 Å². The fourth-order valence-electron chi connectivity index (χ4n) is 2.30. The Kier molecular flexibility index (Phi) is 8.43. The van der Waals surface area contributed by atoms with Crippen LogP contribution in [0.1, 0.15) is 26.5 Å². The van der Waals surface area contributed by atoms with Crippen LogP contribution < -0.4 is 4.90 Å². The number of thioether (sulfide) groups is 1. The van der Waals surface area contributed by atoms with Crippen LogP contribution in [0.2, 0.25) is 25.7 Å². The van der Waals surface area contributed by atoms with Gasteiger partial charge in [0.2, 0.25) is 0 Å². The van der Waals surface area contributed by atoms with Crippen LogP contribution in [0.5, 0.6) is 0 Å². The summed E-state index contributed by atoms with van der Waals surface area (Å²) in [6, 6.07) is 2.94. The number of nitrogens with zero attached hydrogens (tertiary/aromatic N) is 4. The van der Waals surface area contributed by atoms with E-state index in [-0.39, 0.29) is 6.73 Å². The van der Waals surface area contributed by atoms with Crippen molar-refractivity contribution in [1.29, 1.82) is 0 Å². The molecule has 0 aliphatic rings. The van der Waals surface area contributed by atoms with Crippen molar-refractivity contribution < 1.29 is 14.3 Å². The maximum Gasteiger partial charge on any atom is 0.418 e. The molecule has 2 aromatic rings. The molecule has 2 heterocycles. The Labute approximate surface area is 188 Å². The molecule has 0 atom stereocenters. The van der Waals surface area contributed by atoms with Crippen LogP contribution in [-0.4, -0.2) is 54.3 Å². The second-order valence-electron chi connectivity index (χ2n) is 9.14. The Morgan fingerprint density at radius 3 is 2.57 bits per heavy atom. The Bertz CT molecular complexity index is 862. The zero-order valence-electron chi connectivity index (χ0n) is 19.1. The molecule has 0 saturated carbocycles. The molecule has 2 aromatic heterocycles. The van der Waals surface area contributed by atoms with Crippen molar-refractivity contribution in [2.75, 3.05) is 24.5 Å². The van der Waals surface area contributed by atoms with Gasteiger partial charge < -0.3 is 9.47 Å². The summed E-state index contributed by atoms with van der Waals surface area (Å²) in [4.78, 5) is 28.6. The number of aryl methyl sites for hydroxylation is 1. The van der Waals surface area contributed by atoms with Gasteiger partial charge in [0.1, 0.15) is 12.3 Å². The van der Waals surface area contributed by atoms with Crippen LogP contribution in [0.15, 0.2) is 17.4 Å². The summed E-state index contributed by atoms with van der Waals surface area (Å²) in [6.45, 7) is 15.1. The van der Waals surface area contributed by atoms with Crippen LogP contribution >= 0.6 is 23.1 Å². The predicted molar refractivity (Wildman–Crippen MR) is 127 cm³/mol. The van der Waals surface area contributed by atoms with Gasteiger partial charge >= 0.3 is 6.09 Å². The molecule has 0 aliphatic carbocycles. The van der Waals surface area contributed by atoms with E-state index >= 15 is 0 Å². The number of carbonyl (C=O) groups is 1. The molecule has 0 N–H and O–H groups in total. The zero-order chi connectivity index (χ0) is 22.5. The van der Waals surface area contributed by atoms with Crippen molar-refractivity contribution in [3.8, 4) is 10.6 Å². The molecular weight excluding hydrogens is 436 g/mol. The van der Waals surface area contributed by atoms with E-state index in [1.807, 2.05) is 40.0 Å². The smallest absolute Gasteiger partial charge is 0.418 e. The highest BCUT2D eigenvalue weighted by Crippen LogP contribution is 2.32. The molecule has 0 aliphatic heterocycles. The number of hydrogen-bond donors (Lipinski definition) is 0. The van der Waals surface area contributed by atoms with Gasteiger partial charge in [0, 0.05) is 26.6 Å². The SMILES string of the molecule is CSc1nc(C)cc(-c2cnc(N(COCC[Si](C)(C)C)C(=O)OC(C)(C)C)s2)n1. The minimum absolute atomic E-state index is 0.102. The number of ether oxygens (including phenoxy) is 2. The van der Waals surface area contributed by atoms with E-state index in [0.29, 0.717) is 16.9 Å². The summed E-state index contributed by atoms with van der Waals surface area (Å²) >= 11 is 2.88. The first-order valence-electron chi connectivity index (χ1n) is 9.82. The normalized spacial score (nSPS) is 12.1. The first-order valence-corrected chi connectivity index (χ1v) is 15.6. The Morgan fingerprint density at radius 1 is 1.27 bits per heavy atom. The second kappa shape index (κ2) is 10.2. The highest BCUT2D eigenvalue weighted by Gasteiger charge is 2.26. The lowest BCUT2D eigenvalue weighted by molar-refractivity contribution is 0.0500. The lowest BCUT2D eigenvalue weighted by Gasteiger charge is -2.26. The maximum atomic E-state index is 12.8. The van der Waals surface area contributed by atoms with Crippen LogP contribution in [0.3, 0.4) is 0 Å². The maximum absolute atomic E-state index is 12.8. The van der Waals surface area contributed by atoms with Gasteiger partial charge in [0.15, 0.2) is 10.3 Å². The summed E-state index contributed by atoms with van der Waals surface area (Å²) in [5, 5.41) is 1.23. The molecule has 1 amide bonds. The summed E-state index contributed by atoms with van der Waals surface area (Å²) in [5.74, 6) is 0. The Morgan fingerprint density at radius 2 is 1.97 bits per heavy atom. The van der Waals surface area contributed by atoms with Crippen molar-refractivity contribution in [3.05, 3.63) is 18.0 Å². The summed E-state index contributed by atoms with van der Waals surface area (Å²) < 4.78 is 11.4. The molecule has 0 unspecified atom stereocenters. The lowest BCUT2D eigenvalue weighted by atomic mass is 10.2. The third-order valence-electron chi connectivity index (χ3n) is 3.82. The highest BCUT2D eigenvalue weighted by atomic mass is 32.2. The van der Waals surface area contributed by atoms with Gasteiger partial charge in [-0.3, -0.25) is 0 Å². The van der Waals surface area contributed by atoms with E-state index in [1.165, 1.54) is 28.0 Å². The third-order valence-corrected chi connectivity index (χ3v) is 7.12. The minimum atomic E-state index is -1.22. The van der Waals surface area contributed by atoms with Gasteiger partial charge in [-0.1, -0.05) is 42.7 Å². The summed E-state index contributed by atoms with van der Waals surface area (Å²) in [7, 11) is -1.22. The van der Waals surface area contributed by atoms with Crippen LogP contribution in [0.25, 0.3) is 10.6 Å². The van der Waals surface area contributed by atoms with E-state index in [9.17, 15) is 4.79 Å². The predicted octanol–water partition coefficient (Wildman–Crippen LogP) is 5.68. The first-order chi connectivity index (χ1) is 13.9. The van der Waals surface area contributed by atoms with Crippen molar-refractivity contribution in [2.45, 2.75) is 64.1 Å². The van der Waals surface area contributed by atoms with Gasteiger partial charge in [-0.25, -0.2) is 24.6 Å². The van der Waals surface area contributed by atoms with E-state index in [0.717, 1.165) is 22.3 Å². The largest absolute Gasteiger partial charge is 0.443 e. The molecule has 7 nitrogen and oxygen atoms in total. The average Bonchev–Trinajstić information content (AvgIpc) is 3.08. The van der Waals surface area contributed by atoms with Gasteiger partial charge in [0.05, 0.1) is 10.6 Å². The van der Waals surface area contributed by atoms with Gasteiger partial charge in [-0.2, -0.15) is 0 Å². The molecule has 166 valence electrons. The number of aromatic nitrogens is 3. The minimum Gasteiger partial charge on any atom is -0.443 e. The molecule has 0 radical (unpaired) electrons. The number of rotatable bonds is 8. The Balaban J connectivity index is 2.23. The highest BCUT2D eigenvalue weighted by molar-refractivity contribution is 7.98. The molecule has 0 aromatic carbocycles. The third kappa shape index (κ3) is 7.97. The van der Waals surface area contributed by atoms with Crippen LogP contribution in [-0.2, 0) is 9.47 Å². The molecule has 10 heteroatoms. The monoisotopic (exact) mass is 468 g/mol. The quantitative estimate of drug-likeness (QED) is 0.162. The molecule has 30 heavy (non-hydrogen) atoms. The number of thiazole rings is 1. The van der Waals surface area contributed by atoms with Crippen LogP contribution in [0.4, 0.5) is 9.93 Å². The van der Waals surface area contributed by atoms with Crippen molar-refractivity contribution in [1.82, 2.24) is 15.0 Å². The van der Waals surface area contributed by atoms with E-state index in [4.69, 9.17) is 9.47 Å². The number of anilines is 1. The van der Waals surface area contributed by atoms with Gasteiger partial charge in [-0.15, -0.1) is 0 Å². The Hall–Kier alpha value is -1.49. The number of amides is 1. The molecule has 0 spiro atoms. The van der Waals surface area contributed by atoms with Gasteiger partial charge in [0.25, 0.3) is 0 Å². The molecular formula is C20H32N4O3S2Si. The standard InChI is InChI=1S/C20H32N4O3S2Si/c1-14-11-15(23-17(22-14)28-5)16-12-21-18(29-16)24(19(25)27-20(2,3)4)13-26-9-10-30(6,7)8/h11-12H,9-10,13H2,1-8H3. The fourth-order valence-corrected chi connectivity index (χ4v) is 4.34. The summed E-state index contributed by atoms with van der Waals surface area (Å²) in [6.07, 6.45) is 3.20.